The van der Waals surface area contributed by atoms with Gasteiger partial charge in [-0.25, -0.2) is 4.98 Å². The topological polar surface area (TPSA) is 28.2 Å². The van der Waals surface area contributed by atoms with E-state index in [2.05, 4.69) is 29.2 Å². The Kier molecular flexibility index (Phi) is 4.95. The lowest BCUT2D eigenvalue weighted by molar-refractivity contribution is 0.309. The van der Waals surface area contributed by atoms with Crippen molar-refractivity contribution in [3.05, 3.63) is 16.1 Å². The highest BCUT2D eigenvalue weighted by molar-refractivity contribution is 7.09. The molecule has 0 saturated carbocycles. The standard InChI is InChI=1S/C13H23N3S/c1-11-13(17-10-15-11)9-16(2)7-3-4-12-5-6-14-8-12/h10,12,14H,3-9H2,1-2H3. The molecule has 4 heteroatoms. The number of nitrogens with zero attached hydrogens (tertiary/aromatic N) is 2. The Bertz CT molecular complexity index is 331. The maximum absolute atomic E-state index is 4.30. The van der Waals surface area contributed by atoms with Crippen molar-refractivity contribution in [2.24, 2.45) is 5.92 Å². The van der Waals surface area contributed by atoms with Crippen molar-refractivity contribution in [2.45, 2.75) is 32.7 Å². The van der Waals surface area contributed by atoms with Gasteiger partial charge in [0.05, 0.1) is 11.2 Å². The van der Waals surface area contributed by atoms with Gasteiger partial charge < -0.3 is 10.2 Å². The first kappa shape index (κ1) is 13.0. The van der Waals surface area contributed by atoms with Gasteiger partial charge in [-0.2, -0.15) is 0 Å². The average Bonchev–Trinajstić information content (AvgIpc) is 2.92. The Morgan fingerprint density at radius 3 is 3.12 bits per heavy atom. The smallest absolute Gasteiger partial charge is 0.0798 e. The Morgan fingerprint density at radius 1 is 1.59 bits per heavy atom. The predicted octanol–water partition coefficient (Wildman–Crippen LogP) is 2.27. The first-order chi connectivity index (χ1) is 8.25. The van der Waals surface area contributed by atoms with Crippen LogP contribution in [-0.2, 0) is 6.54 Å². The number of hydrogen-bond acceptors (Lipinski definition) is 4. The van der Waals surface area contributed by atoms with E-state index in [1.165, 1.54) is 49.5 Å². The van der Waals surface area contributed by atoms with E-state index in [0.29, 0.717) is 0 Å². The summed E-state index contributed by atoms with van der Waals surface area (Å²) >= 11 is 1.77. The molecule has 1 unspecified atom stereocenters. The van der Waals surface area contributed by atoms with Gasteiger partial charge in [0.15, 0.2) is 0 Å². The molecule has 1 aromatic rings. The normalized spacial score (nSPS) is 20.3. The van der Waals surface area contributed by atoms with Crippen LogP contribution >= 0.6 is 11.3 Å². The molecule has 0 aliphatic carbocycles. The number of aryl methyl sites for hydroxylation is 1. The van der Waals surface area contributed by atoms with Crippen molar-refractivity contribution in [2.75, 3.05) is 26.7 Å². The van der Waals surface area contributed by atoms with Crippen LogP contribution in [0.2, 0.25) is 0 Å². The summed E-state index contributed by atoms with van der Waals surface area (Å²) in [6.07, 6.45) is 4.07. The monoisotopic (exact) mass is 253 g/mol. The summed E-state index contributed by atoms with van der Waals surface area (Å²) in [5.74, 6) is 0.925. The third-order valence-corrected chi connectivity index (χ3v) is 4.49. The molecule has 1 atom stereocenters. The summed E-state index contributed by atoms with van der Waals surface area (Å²) in [4.78, 5) is 8.13. The van der Waals surface area contributed by atoms with Crippen LogP contribution in [0.25, 0.3) is 0 Å². The van der Waals surface area contributed by atoms with Gasteiger partial charge in [0.1, 0.15) is 0 Å². The zero-order valence-corrected chi connectivity index (χ0v) is 11.7. The number of aromatic nitrogens is 1. The SMILES string of the molecule is Cc1ncsc1CN(C)CCCC1CCNC1. The average molecular weight is 253 g/mol. The van der Waals surface area contributed by atoms with Crippen molar-refractivity contribution in [3.8, 4) is 0 Å². The van der Waals surface area contributed by atoms with Crippen molar-refractivity contribution in [1.82, 2.24) is 15.2 Å². The third-order valence-electron chi connectivity index (χ3n) is 3.57. The Hall–Kier alpha value is -0.450. The Morgan fingerprint density at radius 2 is 2.47 bits per heavy atom. The second-order valence-electron chi connectivity index (χ2n) is 5.10. The summed E-state index contributed by atoms with van der Waals surface area (Å²) in [7, 11) is 2.21. The van der Waals surface area contributed by atoms with Gasteiger partial charge in [-0.05, 0) is 58.8 Å². The molecule has 1 aromatic heterocycles. The Balaban J connectivity index is 1.63. The van der Waals surface area contributed by atoms with Crippen molar-refractivity contribution < 1.29 is 0 Å². The highest BCUT2D eigenvalue weighted by Gasteiger charge is 2.14. The van der Waals surface area contributed by atoms with Crippen LogP contribution in [-0.4, -0.2) is 36.6 Å². The molecule has 1 fully saturated rings. The maximum atomic E-state index is 4.30. The molecule has 96 valence electrons. The summed E-state index contributed by atoms with van der Waals surface area (Å²) in [5.41, 5.74) is 3.14. The Labute approximate surface area is 108 Å². The van der Waals surface area contributed by atoms with E-state index in [0.717, 1.165) is 12.5 Å². The van der Waals surface area contributed by atoms with Gasteiger partial charge in [-0.1, -0.05) is 0 Å². The number of hydrogen-bond donors (Lipinski definition) is 1. The second kappa shape index (κ2) is 6.47. The molecule has 3 nitrogen and oxygen atoms in total. The van der Waals surface area contributed by atoms with E-state index < -0.39 is 0 Å². The van der Waals surface area contributed by atoms with Gasteiger partial charge in [0.25, 0.3) is 0 Å². The minimum absolute atomic E-state index is 0.925. The summed E-state index contributed by atoms with van der Waals surface area (Å²) in [5, 5.41) is 3.43. The first-order valence-corrected chi connectivity index (χ1v) is 7.42. The molecule has 2 heterocycles. The minimum atomic E-state index is 0.925. The minimum Gasteiger partial charge on any atom is -0.316 e. The molecule has 1 saturated heterocycles. The molecule has 0 amide bonds. The highest BCUT2D eigenvalue weighted by atomic mass is 32.1. The lowest BCUT2D eigenvalue weighted by Crippen LogP contribution is -2.20. The highest BCUT2D eigenvalue weighted by Crippen LogP contribution is 2.17. The number of nitrogens with one attached hydrogen (secondary N) is 1. The van der Waals surface area contributed by atoms with Crippen molar-refractivity contribution in [3.63, 3.8) is 0 Å². The zero-order chi connectivity index (χ0) is 12.1. The van der Waals surface area contributed by atoms with E-state index in [9.17, 15) is 0 Å². The lowest BCUT2D eigenvalue weighted by atomic mass is 10.0. The van der Waals surface area contributed by atoms with Crippen LogP contribution in [0.1, 0.15) is 29.8 Å². The fourth-order valence-electron chi connectivity index (χ4n) is 2.41. The van der Waals surface area contributed by atoms with Gasteiger partial charge in [-0.15, -0.1) is 11.3 Å². The van der Waals surface area contributed by atoms with E-state index in [1.54, 1.807) is 11.3 Å². The van der Waals surface area contributed by atoms with Gasteiger partial charge >= 0.3 is 0 Å². The molecule has 2 rings (SSSR count). The molecule has 0 spiro atoms. The van der Waals surface area contributed by atoms with Crippen LogP contribution in [0.5, 0.6) is 0 Å². The molecule has 1 N–H and O–H groups in total. The third kappa shape index (κ3) is 4.05. The number of thiazole rings is 1. The zero-order valence-electron chi connectivity index (χ0n) is 10.9. The molecule has 1 aliphatic heterocycles. The quantitative estimate of drug-likeness (QED) is 0.843. The van der Waals surface area contributed by atoms with Gasteiger partial charge in [0, 0.05) is 11.4 Å². The van der Waals surface area contributed by atoms with E-state index in [4.69, 9.17) is 0 Å². The summed E-state index contributed by atoms with van der Waals surface area (Å²) in [6.45, 7) is 6.81. The maximum Gasteiger partial charge on any atom is 0.0798 e. The lowest BCUT2D eigenvalue weighted by Gasteiger charge is -2.17. The van der Waals surface area contributed by atoms with Crippen LogP contribution in [0.15, 0.2) is 5.51 Å². The largest absolute Gasteiger partial charge is 0.316 e. The molecule has 1 aliphatic rings. The molecule has 0 aromatic carbocycles. The van der Waals surface area contributed by atoms with Gasteiger partial charge in [0.2, 0.25) is 0 Å². The van der Waals surface area contributed by atoms with Crippen LogP contribution in [0, 0.1) is 12.8 Å². The second-order valence-corrected chi connectivity index (χ2v) is 6.04. The molecule has 0 radical (unpaired) electrons. The number of rotatable bonds is 6. The summed E-state index contributed by atoms with van der Waals surface area (Å²) < 4.78 is 0. The van der Waals surface area contributed by atoms with E-state index in [-0.39, 0.29) is 0 Å². The van der Waals surface area contributed by atoms with Crippen molar-refractivity contribution in [1.29, 1.82) is 0 Å². The van der Waals surface area contributed by atoms with Crippen LogP contribution in [0.3, 0.4) is 0 Å². The molecular weight excluding hydrogens is 230 g/mol. The molecular formula is C13H23N3S. The predicted molar refractivity (Wildman–Crippen MR) is 73.4 cm³/mol. The van der Waals surface area contributed by atoms with Crippen molar-refractivity contribution >= 4 is 11.3 Å². The molecule has 17 heavy (non-hydrogen) atoms. The van der Waals surface area contributed by atoms with Crippen LogP contribution < -0.4 is 5.32 Å². The first-order valence-electron chi connectivity index (χ1n) is 6.54. The van der Waals surface area contributed by atoms with E-state index in [1.807, 2.05) is 5.51 Å². The van der Waals surface area contributed by atoms with Gasteiger partial charge in [-0.3, -0.25) is 0 Å². The fraction of sp³-hybridized carbons (Fsp3) is 0.769. The van der Waals surface area contributed by atoms with Crippen LogP contribution in [0.4, 0.5) is 0 Å². The summed E-state index contributed by atoms with van der Waals surface area (Å²) in [6, 6.07) is 0. The van der Waals surface area contributed by atoms with E-state index >= 15 is 0 Å². The molecule has 0 bridgehead atoms. The fourth-order valence-corrected chi connectivity index (χ4v) is 3.27.